The number of rotatable bonds is 14. The van der Waals surface area contributed by atoms with Crippen molar-refractivity contribution in [2.45, 2.75) is 70.6 Å². The summed E-state index contributed by atoms with van der Waals surface area (Å²) in [4.78, 5) is 14.6. The Bertz CT molecular complexity index is 840. The van der Waals surface area contributed by atoms with Gasteiger partial charge in [0.05, 0.1) is 12.2 Å². The number of nitrogens with zero attached hydrogens (tertiary/aromatic N) is 1. The number of anilines is 1. The largest absolute Gasteiger partial charge is 0.504 e. The molecule has 0 aromatic heterocycles. The van der Waals surface area contributed by atoms with E-state index in [1.165, 1.54) is 38.5 Å². The van der Waals surface area contributed by atoms with Gasteiger partial charge >= 0.3 is 5.97 Å². The molecule has 0 radical (unpaired) electrons. The van der Waals surface area contributed by atoms with Gasteiger partial charge in [-0.3, -0.25) is 0 Å². The molecule has 6 nitrogen and oxygen atoms in total. The van der Waals surface area contributed by atoms with Crippen molar-refractivity contribution in [1.82, 2.24) is 0 Å². The van der Waals surface area contributed by atoms with Crippen LogP contribution in [0.3, 0.4) is 0 Å². The Morgan fingerprint density at radius 2 is 1.42 bits per heavy atom. The number of phenolic OH excluding ortho intramolecular Hbond substituents is 3. The van der Waals surface area contributed by atoms with Crippen LogP contribution in [0.5, 0.6) is 17.2 Å². The number of esters is 1. The normalized spacial score (nSPS) is 11.8. The fourth-order valence-corrected chi connectivity index (χ4v) is 3.90. The van der Waals surface area contributed by atoms with Gasteiger partial charge in [-0.1, -0.05) is 70.4 Å². The van der Waals surface area contributed by atoms with Crippen LogP contribution in [0.4, 0.5) is 5.69 Å². The number of benzene rings is 2. The van der Waals surface area contributed by atoms with Gasteiger partial charge in [0.2, 0.25) is 0 Å². The molecule has 0 bridgehead atoms. The van der Waals surface area contributed by atoms with Crippen molar-refractivity contribution >= 4 is 11.7 Å². The van der Waals surface area contributed by atoms with Gasteiger partial charge in [0.15, 0.2) is 17.2 Å². The van der Waals surface area contributed by atoms with Crippen molar-refractivity contribution in [2.75, 3.05) is 25.6 Å². The first kappa shape index (κ1) is 26.4. The van der Waals surface area contributed by atoms with Crippen LogP contribution in [-0.2, 0) is 4.74 Å². The van der Waals surface area contributed by atoms with Crippen molar-refractivity contribution in [3.63, 3.8) is 0 Å². The Hall–Kier alpha value is -2.89. The Balaban J connectivity index is 1.97. The second kappa shape index (κ2) is 13.6. The van der Waals surface area contributed by atoms with E-state index in [9.17, 15) is 20.1 Å². The third-order valence-electron chi connectivity index (χ3n) is 6.01. The molecule has 0 aliphatic rings. The summed E-state index contributed by atoms with van der Waals surface area (Å²) in [5.41, 5.74) is 2.22. The number of hydrogen-bond donors (Lipinski definition) is 3. The SMILES string of the molecule is CCCCCCCCCCC(COC(=O)c1cc(O)c(O)c(O)c1)c1ccc(N(C)C)cc1. The summed E-state index contributed by atoms with van der Waals surface area (Å²) in [5.74, 6) is -2.36. The van der Waals surface area contributed by atoms with Gasteiger partial charge < -0.3 is 25.0 Å². The van der Waals surface area contributed by atoms with Crippen LogP contribution in [0.2, 0.25) is 0 Å². The smallest absolute Gasteiger partial charge is 0.338 e. The topological polar surface area (TPSA) is 90.2 Å². The molecule has 0 spiro atoms. The van der Waals surface area contributed by atoms with Crippen molar-refractivity contribution in [1.29, 1.82) is 0 Å². The summed E-state index contributed by atoms with van der Waals surface area (Å²) in [6, 6.07) is 10.5. The number of carbonyl (C=O) groups excluding carboxylic acids is 1. The van der Waals surface area contributed by atoms with E-state index in [1.54, 1.807) is 0 Å². The van der Waals surface area contributed by atoms with E-state index < -0.39 is 23.2 Å². The number of unbranched alkanes of at least 4 members (excludes halogenated alkanes) is 7. The lowest BCUT2D eigenvalue weighted by Crippen LogP contribution is -2.14. The van der Waals surface area contributed by atoms with Gasteiger partial charge in [-0.05, 0) is 36.2 Å². The van der Waals surface area contributed by atoms with E-state index >= 15 is 0 Å². The number of aromatic hydroxyl groups is 3. The molecule has 0 fully saturated rings. The van der Waals surface area contributed by atoms with E-state index in [0.29, 0.717) is 0 Å². The highest BCUT2D eigenvalue weighted by Gasteiger charge is 2.18. The summed E-state index contributed by atoms with van der Waals surface area (Å²) in [6.45, 7) is 2.43. The molecule has 0 saturated heterocycles. The molecule has 2 aromatic rings. The monoisotopic (exact) mass is 457 g/mol. The summed E-state index contributed by atoms with van der Waals surface area (Å²) >= 11 is 0. The highest BCUT2D eigenvalue weighted by Crippen LogP contribution is 2.35. The van der Waals surface area contributed by atoms with Gasteiger partial charge in [-0.2, -0.15) is 0 Å². The molecule has 0 saturated carbocycles. The Kier molecular flexibility index (Phi) is 10.9. The number of phenols is 3. The summed E-state index contributed by atoms with van der Waals surface area (Å²) in [7, 11) is 3.99. The van der Waals surface area contributed by atoms with Gasteiger partial charge in [0.25, 0.3) is 0 Å². The lowest BCUT2D eigenvalue weighted by Gasteiger charge is -2.19. The minimum absolute atomic E-state index is 0.00316. The molecule has 3 N–H and O–H groups in total. The van der Waals surface area contributed by atoms with Crippen molar-refractivity contribution in [2.24, 2.45) is 0 Å². The standard InChI is InChI=1S/C27H39NO5/c1-4-5-6-7-8-9-10-11-12-21(20-13-15-23(16-14-20)28(2)3)19-33-27(32)22-17-24(29)26(31)25(30)18-22/h13-18,21,29-31H,4-12,19H2,1-3H3. The molecule has 1 atom stereocenters. The minimum atomic E-state index is -0.653. The quantitative estimate of drug-likeness (QED) is 0.174. The van der Waals surface area contributed by atoms with Crippen LogP contribution in [-0.4, -0.2) is 42.0 Å². The third kappa shape index (κ3) is 8.52. The van der Waals surface area contributed by atoms with E-state index in [4.69, 9.17) is 4.74 Å². The molecular weight excluding hydrogens is 418 g/mol. The Morgan fingerprint density at radius 3 is 1.97 bits per heavy atom. The molecule has 0 amide bonds. The zero-order valence-electron chi connectivity index (χ0n) is 20.2. The number of carbonyl (C=O) groups is 1. The zero-order chi connectivity index (χ0) is 24.2. The maximum Gasteiger partial charge on any atom is 0.338 e. The predicted molar refractivity (Wildman–Crippen MR) is 132 cm³/mol. The zero-order valence-corrected chi connectivity index (χ0v) is 20.2. The first-order chi connectivity index (χ1) is 15.8. The molecule has 0 heterocycles. The fraction of sp³-hybridized carbons (Fsp3) is 0.519. The average Bonchev–Trinajstić information content (AvgIpc) is 2.80. The molecule has 0 aliphatic carbocycles. The van der Waals surface area contributed by atoms with Crippen LogP contribution in [0.15, 0.2) is 36.4 Å². The molecule has 33 heavy (non-hydrogen) atoms. The predicted octanol–water partition coefficient (Wildman–Crippen LogP) is 6.34. The van der Waals surface area contributed by atoms with Gasteiger partial charge in [0, 0.05) is 25.7 Å². The molecule has 2 aromatic carbocycles. The van der Waals surface area contributed by atoms with E-state index in [-0.39, 0.29) is 18.1 Å². The lowest BCUT2D eigenvalue weighted by atomic mass is 9.93. The fourth-order valence-electron chi connectivity index (χ4n) is 3.90. The lowest BCUT2D eigenvalue weighted by molar-refractivity contribution is 0.0473. The van der Waals surface area contributed by atoms with Crippen LogP contribution in [0, 0.1) is 0 Å². The van der Waals surface area contributed by atoms with Gasteiger partial charge in [0.1, 0.15) is 0 Å². The van der Waals surface area contributed by atoms with E-state index in [2.05, 4.69) is 31.2 Å². The molecule has 0 aliphatic heterocycles. The van der Waals surface area contributed by atoms with Crippen LogP contribution < -0.4 is 4.90 Å². The third-order valence-corrected chi connectivity index (χ3v) is 6.01. The van der Waals surface area contributed by atoms with Gasteiger partial charge in [-0.15, -0.1) is 0 Å². The highest BCUT2D eigenvalue weighted by atomic mass is 16.5. The minimum Gasteiger partial charge on any atom is -0.504 e. The second-order valence-corrected chi connectivity index (χ2v) is 8.91. The van der Waals surface area contributed by atoms with Crippen molar-refractivity contribution in [3.8, 4) is 17.2 Å². The van der Waals surface area contributed by atoms with Gasteiger partial charge in [-0.25, -0.2) is 4.79 Å². The average molecular weight is 458 g/mol. The van der Waals surface area contributed by atoms with E-state index in [0.717, 1.165) is 42.6 Å². The Morgan fingerprint density at radius 1 is 0.879 bits per heavy atom. The Labute approximate surface area is 197 Å². The summed E-state index contributed by atoms with van der Waals surface area (Å²) in [5, 5.41) is 28.8. The molecule has 182 valence electrons. The second-order valence-electron chi connectivity index (χ2n) is 8.91. The highest BCUT2D eigenvalue weighted by molar-refractivity contribution is 5.91. The molecule has 6 heteroatoms. The number of ether oxygens (including phenoxy) is 1. The van der Waals surface area contributed by atoms with Crippen molar-refractivity contribution < 1.29 is 24.9 Å². The van der Waals surface area contributed by atoms with Crippen molar-refractivity contribution in [3.05, 3.63) is 47.5 Å². The summed E-state index contributed by atoms with van der Waals surface area (Å²) < 4.78 is 5.54. The molecule has 2 rings (SSSR count). The van der Waals surface area contributed by atoms with E-state index in [1.807, 2.05) is 19.0 Å². The molecular formula is C27H39NO5. The summed E-state index contributed by atoms with van der Waals surface area (Å²) in [6.07, 6.45) is 10.8. The van der Waals surface area contributed by atoms with Crippen LogP contribution >= 0.6 is 0 Å². The molecule has 1 unspecified atom stereocenters. The first-order valence-electron chi connectivity index (χ1n) is 12.0. The number of hydrogen-bond acceptors (Lipinski definition) is 6. The van der Waals surface area contributed by atoms with Crippen LogP contribution in [0.25, 0.3) is 0 Å². The maximum absolute atomic E-state index is 12.5. The maximum atomic E-state index is 12.5. The first-order valence-corrected chi connectivity index (χ1v) is 12.0. The van der Waals surface area contributed by atoms with Crippen LogP contribution in [0.1, 0.15) is 86.6 Å².